The number of ether oxygens (including phenoxy) is 2. The highest BCUT2D eigenvalue weighted by atomic mass is 16.5. The fourth-order valence-corrected chi connectivity index (χ4v) is 1.38. The second-order valence-corrected chi connectivity index (χ2v) is 3.62. The Kier molecular flexibility index (Phi) is 5.13. The number of carbonyl (C=O) groups is 2. The Morgan fingerprint density at radius 2 is 2.06 bits per heavy atom. The number of carboxylic acid groups (broad SMARTS) is 1. The van der Waals surface area contributed by atoms with Gasteiger partial charge in [0, 0.05) is 5.69 Å². The van der Waals surface area contributed by atoms with Crippen molar-refractivity contribution < 1.29 is 24.2 Å². The molecule has 6 nitrogen and oxygen atoms in total. The van der Waals surface area contributed by atoms with Gasteiger partial charge in [0.25, 0.3) is 0 Å². The topological polar surface area (TPSA) is 84.9 Å². The molecule has 0 aliphatic heterocycles. The third-order valence-electron chi connectivity index (χ3n) is 2.14. The first-order valence-corrected chi connectivity index (χ1v) is 5.27. The van der Waals surface area contributed by atoms with Crippen molar-refractivity contribution in [2.75, 3.05) is 25.6 Å². The molecule has 0 aliphatic rings. The summed E-state index contributed by atoms with van der Waals surface area (Å²) < 4.78 is 9.76. The molecular formula is C12H15NO5. The molecule has 1 aromatic carbocycles. The highest BCUT2D eigenvalue weighted by Crippen LogP contribution is 2.21. The lowest BCUT2D eigenvalue weighted by atomic mass is 10.2. The van der Waals surface area contributed by atoms with Crippen molar-refractivity contribution in [2.24, 2.45) is 0 Å². The van der Waals surface area contributed by atoms with Crippen LogP contribution in [0.25, 0.3) is 0 Å². The molecule has 0 saturated carbocycles. The summed E-state index contributed by atoms with van der Waals surface area (Å²) in [6.07, 6.45) is 0. The molecule has 98 valence electrons. The summed E-state index contributed by atoms with van der Waals surface area (Å²) >= 11 is 0. The first-order valence-electron chi connectivity index (χ1n) is 5.27. The molecule has 18 heavy (non-hydrogen) atoms. The zero-order valence-corrected chi connectivity index (χ0v) is 10.2. The fourth-order valence-electron chi connectivity index (χ4n) is 1.38. The second kappa shape index (κ2) is 6.61. The average molecular weight is 253 g/mol. The second-order valence-electron chi connectivity index (χ2n) is 3.62. The van der Waals surface area contributed by atoms with Crippen LogP contribution in [-0.4, -0.2) is 37.3 Å². The standard InChI is InChI=1S/C12H15NO5/c1-8-5-9(3-4-10(8)17-2)13-11(14)6-18-7-12(15)16/h3-5H,6-7H2,1-2H3,(H,13,14)(H,15,16). The minimum atomic E-state index is -1.11. The van der Waals surface area contributed by atoms with E-state index in [-0.39, 0.29) is 6.61 Å². The number of benzene rings is 1. The molecule has 0 fully saturated rings. The van der Waals surface area contributed by atoms with E-state index >= 15 is 0 Å². The number of hydrogen-bond acceptors (Lipinski definition) is 4. The van der Waals surface area contributed by atoms with E-state index in [0.717, 1.165) is 11.3 Å². The van der Waals surface area contributed by atoms with Gasteiger partial charge in [-0.15, -0.1) is 0 Å². The van der Waals surface area contributed by atoms with Crippen LogP contribution in [0.15, 0.2) is 18.2 Å². The van der Waals surface area contributed by atoms with Crippen molar-refractivity contribution in [1.82, 2.24) is 0 Å². The Morgan fingerprint density at radius 3 is 2.61 bits per heavy atom. The molecule has 0 bridgehead atoms. The van der Waals surface area contributed by atoms with E-state index in [1.807, 2.05) is 6.92 Å². The number of amides is 1. The Bertz CT molecular complexity index is 444. The lowest BCUT2D eigenvalue weighted by Crippen LogP contribution is -2.20. The Balaban J connectivity index is 2.49. The summed E-state index contributed by atoms with van der Waals surface area (Å²) in [6.45, 7) is 1.07. The van der Waals surface area contributed by atoms with Crippen molar-refractivity contribution in [2.45, 2.75) is 6.92 Å². The van der Waals surface area contributed by atoms with E-state index in [4.69, 9.17) is 9.84 Å². The van der Waals surface area contributed by atoms with Gasteiger partial charge >= 0.3 is 5.97 Å². The number of anilines is 1. The number of rotatable bonds is 6. The number of aryl methyl sites for hydroxylation is 1. The van der Waals surface area contributed by atoms with Gasteiger partial charge in [0.1, 0.15) is 19.0 Å². The summed E-state index contributed by atoms with van der Waals surface area (Å²) in [6, 6.07) is 5.19. The zero-order chi connectivity index (χ0) is 13.5. The van der Waals surface area contributed by atoms with Crippen LogP contribution in [0.5, 0.6) is 5.75 Å². The molecule has 0 unspecified atom stereocenters. The summed E-state index contributed by atoms with van der Waals surface area (Å²) in [4.78, 5) is 21.6. The third-order valence-corrected chi connectivity index (χ3v) is 2.14. The predicted molar refractivity (Wildman–Crippen MR) is 64.8 cm³/mol. The Labute approximate surface area is 105 Å². The molecule has 0 saturated heterocycles. The lowest BCUT2D eigenvalue weighted by Gasteiger charge is -2.08. The number of aliphatic carboxylic acids is 1. The Morgan fingerprint density at radius 1 is 1.33 bits per heavy atom. The number of nitrogens with one attached hydrogen (secondary N) is 1. The maximum Gasteiger partial charge on any atom is 0.329 e. The van der Waals surface area contributed by atoms with Crippen molar-refractivity contribution in [3.8, 4) is 5.75 Å². The van der Waals surface area contributed by atoms with Crippen molar-refractivity contribution >= 4 is 17.6 Å². The first-order chi connectivity index (χ1) is 8.52. The first kappa shape index (κ1) is 14.0. The number of methoxy groups -OCH3 is 1. The number of hydrogen-bond donors (Lipinski definition) is 2. The number of carboxylic acids is 1. The predicted octanol–water partition coefficient (Wildman–Crippen LogP) is 1.04. The van der Waals surface area contributed by atoms with Gasteiger partial charge in [0.15, 0.2) is 0 Å². The van der Waals surface area contributed by atoms with E-state index in [9.17, 15) is 9.59 Å². The van der Waals surface area contributed by atoms with Crippen LogP contribution in [0, 0.1) is 6.92 Å². The van der Waals surface area contributed by atoms with E-state index in [1.165, 1.54) is 0 Å². The van der Waals surface area contributed by atoms with E-state index in [0.29, 0.717) is 5.69 Å². The van der Waals surface area contributed by atoms with Crippen LogP contribution >= 0.6 is 0 Å². The molecule has 0 spiro atoms. The van der Waals surface area contributed by atoms with Gasteiger partial charge in [-0.05, 0) is 30.7 Å². The van der Waals surface area contributed by atoms with Crippen LogP contribution in [-0.2, 0) is 14.3 Å². The Hall–Kier alpha value is -2.08. The van der Waals surface area contributed by atoms with Gasteiger partial charge < -0.3 is 19.9 Å². The monoisotopic (exact) mass is 253 g/mol. The van der Waals surface area contributed by atoms with Crippen molar-refractivity contribution in [3.05, 3.63) is 23.8 Å². The molecule has 2 N–H and O–H groups in total. The maximum absolute atomic E-state index is 11.4. The normalized spacial score (nSPS) is 9.89. The molecule has 0 aromatic heterocycles. The van der Waals surface area contributed by atoms with Crippen molar-refractivity contribution in [3.63, 3.8) is 0 Å². The van der Waals surface area contributed by atoms with Gasteiger partial charge in [-0.1, -0.05) is 0 Å². The molecular weight excluding hydrogens is 238 g/mol. The van der Waals surface area contributed by atoms with Gasteiger partial charge in [0.05, 0.1) is 7.11 Å². The third kappa shape index (κ3) is 4.42. The average Bonchev–Trinajstić information content (AvgIpc) is 2.28. The van der Waals surface area contributed by atoms with Gasteiger partial charge in [-0.2, -0.15) is 0 Å². The highest BCUT2D eigenvalue weighted by Gasteiger charge is 2.06. The SMILES string of the molecule is COc1ccc(NC(=O)COCC(=O)O)cc1C. The summed E-state index contributed by atoms with van der Waals surface area (Å²) in [5.74, 6) is -0.779. The molecule has 0 atom stereocenters. The molecule has 1 aromatic rings. The lowest BCUT2D eigenvalue weighted by molar-refractivity contribution is -0.143. The molecule has 0 aliphatic carbocycles. The van der Waals surface area contributed by atoms with E-state index in [2.05, 4.69) is 10.1 Å². The van der Waals surface area contributed by atoms with E-state index in [1.54, 1.807) is 25.3 Å². The molecule has 1 rings (SSSR count). The zero-order valence-electron chi connectivity index (χ0n) is 10.2. The van der Waals surface area contributed by atoms with Crippen LogP contribution in [0.2, 0.25) is 0 Å². The fraction of sp³-hybridized carbons (Fsp3) is 0.333. The summed E-state index contributed by atoms with van der Waals surface area (Å²) in [5, 5.41) is 10.9. The minimum absolute atomic E-state index is 0.294. The summed E-state index contributed by atoms with van der Waals surface area (Å²) in [5.41, 5.74) is 1.50. The van der Waals surface area contributed by atoms with Crippen LogP contribution in [0.4, 0.5) is 5.69 Å². The van der Waals surface area contributed by atoms with Crippen LogP contribution < -0.4 is 10.1 Å². The smallest absolute Gasteiger partial charge is 0.329 e. The summed E-state index contributed by atoms with van der Waals surface area (Å²) in [7, 11) is 1.57. The number of carbonyl (C=O) groups excluding carboxylic acids is 1. The molecule has 1 amide bonds. The molecule has 0 heterocycles. The van der Waals surface area contributed by atoms with Crippen LogP contribution in [0.1, 0.15) is 5.56 Å². The van der Waals surface area contributed by atoms with Gasteiger partial charge in [0.2, 0.25) is 5.91 Å². The highest BCUT2D eigenvalue weighted by molar-refractivity contribution is 5.92. The van der Waals surface area contributed by atoms with Gasteiger partial charge in [-0.25, -0.2) is 4.79 Å². The van der Waals surface area contributed by atoms with Crippen LogP contribution in [0.3, 0.4) is 0 Å². The maximum atomic E-state index is 11.4. The largest absolute Gasteiger partial charge is 0.496 e. The van der Waals surface area contributed by atoms with E-state index < -0.39 is 18.5 Å². The molecule has 6 heteroatoms. The quantitative estimate of drug-likeness (QED) is 0.791. The molecule has 0 radical (unpaired) electrons. The minimum Gasteiger partial charge on any atom is -0.496 e. The van der Waals surface area contributed by atoms with Gasteiger partial charge in [-0.3, -0.25) is 4.79 Å². The van der Waals surface area contributed by atoms with Crippen molar-refractivity contribution in [1.29, 1.82) is 0 Å².